The highest BCUT2D eigenvalue weighted by Crippen LogP contribution is 2.20. The van der Waals surface area contributed by atoms with Gasteiger partial charge in [0.25, 0.3) is 5.91 Å². The van der Waals surface area contributed by atoms with E-state index >= 15 is 0 Å². The van der Waals surface area contributed by atoms with Crippen LogP contribution in [0.4, 0.5) is 5.69 Å². The van der Waals surface area contributed by atoms with E-state index in [1.165, 1.54) is 12.1 Å². The molecule has 0 atom stereocenters. The highest BCUT2D eigenvalue weighted by Gasteiger charge is 2.10. The van der Waals surface area contributed by atoms with Crippen LogP contribution in [-0.4, -0.2) is 27.2 Å². The van der Waals surface area contributed by atoms with Crippen molar-refractivity contribution in [2.75, 3.05) is 18.2 Å². The Hall–Kier alpha value is -2.34. The van der Waals surface area contributed by atoms with Crippen molar-refractivity contribution in [3.8, 4) is 5.75 Å². The summed E-state index contributed by atoms with van der Waals surface area (Å²) in [6.07, 6.45) is 1.12. The Morgan fingerprint density at radius 3 is 2.50 bits per heavy atom. The Labute approximate surface area is 142 Å². The molecular formula is C18H21NO4S. The predicted molar refractivity (Wildman–Crippen MR) is 94.2 cm³/mol. The number of carbonyl (C=O) groups excluding carboxylic acids is 1. The highest BCUT2D eigenvalue weighted by atomic mass is 32.2. The Kier molecular flexibility index (Phi) is 5.62. The van der Waals surface area contributed by atoms with Crippen LogP contribution in [0, 0.1) is 0 Å². The highest BCUT2D eigenvalue weighted by molar-refractivity contribution is 7.90. The van der Waals surface area contributed by atoms with Gasteiger partial charge in [-0.15, -0.1) is 0 Å². The predicted octanol–water partition coefficient (Wildman–Crippen LogP) is 3.23. The lowest BCUT2D eigenvalue weighted by atomic mass is 10.0. The van der Waals surface area contributed by atoms with E-state index in [0.717, 1.165) is 11.8 Å². The third-order valence-corrected chi connectivity index (χ3v) is 4.55. The maximum absolute atomic E-state index is 12.0. The van der Waals surface area contributed by atoms with Gasteiger partial charge in [0, 0.05) is 11.9 Å². The molecule has 0 aliphatic rings. The number of amides is 1. The van der Waals surface area contributed by atoms with Gasteiger partial charge in [-0.3, -0.25) is 4.79 Å². The summed E-state index contributed by atoms with van der Waals surface area (Å²) in [5.41, 5.74) is 1.55. The normalized spacial score (nSPS) is 11.3. The number of nitrogens with one attached hydrogen (secondary N) is 1. The molecule has 0 aliphatic carbocycles. The molecule has 24 heavy (non-hydrogen) atoms. The monoisotopic (exact) mass is 347 g/mol. The molecule has 0 radical (unpaired) electrons. The summed E-state index contributed by atoms with van der Waals surface area (Å²) in [6, 6.07) is 13.7. The quantitative estimate of drug-likeness (QED) is 0.871. The molecular weight excluding hydrogens is 326 g/mol. The van der Waals surface area contributed by atoms with Gasteiger partial charge >= 0.3 is 0 Å². The van der Waals surface area contributed by atoms with E-state index in [2.05, 4.69) is 19.2 Å². The molecule has 1 N–H and O–H groups in total. The standard InChI is InChI=1S/C18H21NO4S/c1-13(2)14-6-4-8-16(10-14)23-12-18(20)19-15-7-5-9-17(11-15)24(3,21)22/h4-11,13H,12H2,1-3H3,(H,19,20). The van der Waals surface area contributed by atoms with E-state index in [1.807, 2.05) is 18.2 Å². The fourth-order valence-electron chi connectivity index (χ4n) is 2.11. The lowest BCUT2D eigenvalue weighted by molar-refractivity contribution is -0.118. The number of benzene rings is 2. The van der Waals surface area contributed by atoms with Crippen LogP contribution in [0.3, 0.4) is 0 Å². The van der Waals surface area contributed by atoms with Crippen LogP contribution < -0.4 is 10.1 Å². The minimum Gasteiger partial charge on any atom is -0.484 e. The molecule has 0 spiro atoms. The van der Waals surface area contributed by atoms with Gasteiger partial charge in [0.05, 0.1) is 4.90 Å². The van der Waals surface area contributed by atoms with E-state index in [1.54, 1.807) is 18.2 Å². The maximum atomic E-state index is 12.0. The first-order valence-electron chi connectivity index (χ1n) is 7.58. The van der Waals surface area contributed by atoms with Crippen molar-refractivity contribution in [2.45, 2.75) is 24.7 Å². The van der Waals surface area contributed by atoms with Crippen LogP contribution >= 0.6 is 0 Å². The maximum Gasteiger partial charge on any atom is 0.262 e. The van der Waals surface area contributed by atoms with Crippen molar-refractivity contribution in [2.24, 2.45) is 0 Å². The minimum absolute atomic E-state index is 0.148. The summed E-state index contributed by atoms with van der Waals surface area (Å²) in [6.45, 7) is 4.02. The number of hydrogen-bond acceptors (Lipinski definition) is 4. The molecule has 1 amide bonds. The van der Waals surface area contributed by atoms with Crippen LogP contribution in [0.1, 0.15) is 25.3 Å². The van der Waals surface area contributed by atoms with Gasteiger partial charge in [0.1, 0.15) is 5.75 Å². The zero-order valence-corrected chi connectivity index (χ0v) is 14.8. The Bertz CT molecular complexity index is 828. The summed E-state index contributed by atoms with van der Waals surface area (Å²) in [5.74, 6) is 0.651. The molecule has 0 unspecified atom stereocenters. The molecule has 0 bridgehead atoms. The van der Waals surface area contributed by atoms with Gasteiger partial charge in [-0.2, -0.15) is 0 Å². The van der Waals surface area contributed by atoms with Crippen molar-refractivity contribution in [3.63, 3.8) is 0 Å². The molecule has 0 aromatic heterocycles. The number of sulfone groups is 1. The van der Waals surface area contributed by atoms with E-state index < -0.39 is 9.84 Å². The fraction of sp³-hybridized carbons (Fsp3) is 0.278. The molecule has 0 fully saturated rings. The third-order valence-electron chi connectivity index (χ3n) is 3.44. The summed E-state index contributed by atoms with van der Waals surface area (Å²) in [4.78, 5) is 12.1. The van der Waals surface area contributed by atoms with Crippen molar-refractivity contribution >= 4 is 21.4 Å². The Morgan fingerprint density at radius 2 is 1.83 bits per heavy atom. The van der Waals surface area contributed by atoms with Crippen LogP contribution in [0.5, 0.6) is 5.75 Å². The molecule has 2 aromatic rings. The average Bonchev–Trinajstić information content (AvgIpc) is 2.52. The lowest BCUT2D eigenvalue weighted by Crippen LogP contribution is -2.20. The molecule has 5 nitrogen and oxygen atoms in total. The number of anilines is 1. The zero-order valence-electron chi connectivity index (χ0n) is 13.9. The number of carbonyl (C=O) groups is 1. The van der Waals surface area contributed by atoms with Crippen LogP contribution in [0.25, 0.3) is 0 Å². The van der Waals surface area contributed by atoms with Crippen molar-refractivity contribution in [1.29, 1.82) is 0 Å². The SMILES string of the molecule is CC(C)c1cccc(OCC(=O)Nc2cccc(S(C)(=O)=O)c2)c1. The second-order valence-corrected chi connectivity index (χ2v) is 7.88. The molecule has 2 rings (SSSR count). The number of ether oxygens (including phenoxy) is 1. The molecule has 0 saturated carbocycles. The van der Waals surface area contributed by atoms with Crippen molar-refractivity contribution < 1.29 is 17.9 Å². The van der Waals surface area contributed by atoms with Crippen LogP contribution in [0.2, 0.25) is 0 Å². The molecule has 6 heteroatoms. The van der Waals surface area contributed by atoms with Gasteiger partial charge in [-0.05, 0) is 41.8 Å². The Balaban J connectivity index is 1.98. The van der Waals surface area contributed by atoms with Gasteiger partial charge in [-0.25, -0.2) is 8.42 Å². The molecule has 128 valence electrons. The molecule has 2 aromatic carbocycles. The smallest absolute Gasteiger partial charge is 0.262 e. The van der Waals surface area contributed by atoms with Gasteiger partial charge in [-0.1, -0.05) is 32.0 Å². The second-order valence-electron chi connectivity index (χ2n) is 5.86. The topological polar surface area (TPSA) is 72.5 Å². The van der Waals surface area contributed by atoms with Gasteiger partial charge in [0.15, 0.2) is 16.4 Å². The molecule has 0 heterocycles. The first kappa shape index (κ1) is 18.0. The first-order chi connectivity index (χ1) is 11.3. The Morgan fingerprint density at radius 1 is 1.12 bits per heavy atom. The van der Waals surface area contributed by atoms with Crippen molar-refractivity contribution in [3.05, 3.63) is 54.1 Å². The molecule has 0 aliphatic heterocycles. The average molecular weight is 347 g/mol. The summed E-state index contributed by atoms with van der Waals surface area (Å²) in [5, 5.41) is 2.63. The van der Waals surface area contributed by atoms with Crippen molar-refractivity contribution in [1.82, 2.24) is 0 Å². The van der Waals surface area contributed by atoms with Crippen LogP contribution in [-0.2, 0) is 14.6 Å². The van der Waals surface area contributed by atoms with Crippen LogP contribution in [0.15, 0.2) is 53.4 Å². The summed E-state index contributed by atoms with van der Waals surface area (Å²) >= 11 is 0. The van der Waals surface area contributed by atoms with Gasteiger partial charge < -0.3 is 10.1 Å². The zero-order chi connectivity index (χ0) is 17.7. The largest absolute Gasteiger partial charge is 0.484 e. The second kappa shape index (κ2) is 7.49. The summed E-state index contributed by atoms with van der Waals surface area (Å²) in [7, 11) is -3.31. The number of rotatable bonds is 6. The number of hydrogen-bond donors (Lipinski definition) is 1. The first-order valence-corrected chi connectivity index (χ1v) is 9.47. The van der Waals surface area contributed by atoms with E-state index in [0.29, 0.717) is 17.4 Å². The lowest BCUT2D eigenvalue weighted by Gasteiger charge is -2.10. The van der Waals surface area contributed by atoms with E-state index in [4.69, 9.17) is 4.74 Å². The third kappa shape index (κ3) is 5.09. The van der Waals surface area contributed by atoms with Gasteiger partial charge in [0.2, 0.25) is 0 Å². The fourth-order valence-corrected chi connectivity index (χ4v) is 2.78. The van der Waals surface area contributed by atoms with E-state index in [-0.39, 0.29) is 17.4 Å². The summed E-state index contributed by atoms with van der Waals surface area (Å²) < 4.78 is 28.6. The minimum atomic E-state index is -3.31. The van der Waals surface area contributed by atoms with E-state index in [9.17, 15) is 13.2 Å². The molecule has 0 saturated heterocycles.